The third kappa shape index (κ3) is 2.96. The monoisotopic (exact) mass is 333 g/mol. The number of fused-ring (bicyclic) bond motifs is 1. The Morgan fingerprint density at radius 2 is 2.04 bits per heavy atom. The van der Waals surface area contributed by atoms with Gasteiger partial charge in [0, 0.05) is 17.2 Å². The van der Waals surface area contributed by atoms with Gasteiger partial charge in [0.05, 0.1) is 0 Å². The average Bonchev–Trinajstić information content (AvgIpc) is 2.53. The van der Waals surface area contributed by atoms with Crippen LogP contribution in [-0.4, -0.2) is 22.2 Å². The highest BCUT2D eigenvalue weighted by molar-refractivity contribution is 5.88. The van der Waals surface area contributed by atoms with E-state index in [1.165, 1.54) is 12.1 Å². The molecule has 0 saturated heterocycles. The molecule has 1 unspecified atom stereocenters. The molecule has 0 radical (unpaired) electrons. The van der Waals surface area contributed by atoms with Crippen LogP contribution in [0.4, 0.5) is 8.78 Å². The third-order valence-electron chi connectivity index (χ3n) is 4.21. The van der Waals surface area contributed by atoms with Crippen molar-refractivity contribution in [3.05, 3.63) is 47.2 Å². The fraction of sp³-hybridized carbons (Fsp3) is 0.333. The van der Waals surface area contributed by atoms with Crippen LogP contribution in [0.5, 0.6) is 5.88 Å². The highest BCUT2D eigenvalue weighted by Gasteiger charge is 2.28. The topological polar surface area (TPSA) is 59.4 Å². The lowest BCUT2D eigenvalue weighted by atomic mass is 9.91. The second-order valence-corrected chi connectivity index (χ2v) is 6.21. The normalized spacial score (nSPS) is 16.6. The van der Waals surface area contributed by atoms with Crippen LogP contribution in [0, 0.1) is 17.6 Å². The Labute approximate surface area is 138 Å². The zero-order chi connectivity index (χ0) is 17.4. The molecule has 0 spiro atoms. The largest absolute Gasteiger partial charge is 0.477 e. The number of ether oxygens (including phenoxy) is 1. The summed E-state index contributed by atoms with van der Waals surface area (Å²) in [6.07, 6.45) is 1.26. The van der Waals surface area contributed by atoms with Crippen molar-refractivity contribution in [2.24, 2.45) is 5.92 Å². The Morgan fingerprint density at radius 1 is 1.29 bits per heavy atom. The lowest BCUT2D eigenvalue weighted by molar-refractivity contribution is 0.0685. The summed E-state index contributed by atoms with van der Waals surface area (Å²) in [5, 5.41) is 9.27. The zero-order valence-corrected chi connectivity index (χ0v) is 13.3. The van der Waals surface area contributed by atoms with Crippen molar-refractivity contribution in [3.63, 3.8) is 0 Å². The molecule has 24 heavy (non-hydrogen) atoms. The van der Waals surface area contributed by atoms with Gasteiger partial charge in [0.25, 0.3) is 0 Å². The maximum atomic E-state index is 14.2. The van der Waals surface area contributed by atoms with E-state index in [1.54, 1.807) is 0 Å². The van der Waals surface area contributed by atoms with Gasteiger partial charge in [-0.3, -0.25) is 0 Å². The number of hydrogen-bond acceptors (Lipinski definition) is 3. The number of halogens is 2. The van der Waals surface area contributed by atoms with Crippen molar-refractivity contribution in [3.8, 4) is 17.0 Å². The molecule has 2 heterocycles. The Hall–Kier alpha value is -2.50. The molecule has 3 rings (SSSR count). The molecule has 1 aromatic heterocycles. The Kier molecular flexibility index (Phi) is 4.22. The fourth-order valence-corrected chi connectivity index (χ4v) is 2.90. The molecule has 1 aromatic carbocycles. The number of carbonyl (C=O) groups is 1. The molecule has 1 atom stereocenters. The van der Waals surface area contributed by atoms with Gasteiger partial charge >= 0.3 is 5.97 Å². The highest BCUT2D eigenvalue weighted by Crippen LogP contribution is 2.37. The van der Waals surface area contributed by atoms with Crippen LogP contribution in [0.1, 0.15) is 36.3 Å². The lowest BCUT2D eigenvalue weighted by Gasteiger charge is -2.29. The van der Waals surface area contributed by atoms with Crippen LogP contribution < -0.4 is 4.74 Å². The number of pyridine rings is 1. The molecule has 0 bridgehead atoms. The zero-order valence-electron chi connectivity index (χ0n) is 13.3. The number of carboxylic acids is 1. The van der Waals surface area contributed by atoms with E-state index in [1.807, 2.05) is 13.8 Å². The molecular formula is C18H17F2NO3. The van der Waals surface area contributed by atoms with Crippen LogP contribution in [0.3, 0.4) is 0 Å². The first-order valence-electron chi connectivity index (χ1n) is 7.76. The van der Waals surface area contributed by atoms with E-state index in [9.17, 15) is 18.7 Å². The van der Waals surface area contributed by atoms with Crippen LogP contribution in [0.15, 0.2) is 24.3 Å². The number of nitrogens with zero attached hydrogens (tertiary/aromatic N) is 1. The van der Waals surface area contributed by atoms with Gasteiger partial charge in [-0.25, -0.2) is 18.6 Å². The van der Waals surface area contributed by atoms with Gasteiger partial charge in [-0.05, 0) is 42.5 Å². The van der Waals surface area contributed by atoms with Crippen molar-refractivity contribution in [2.45, 2.75) is 32.8 Å². The van der Waals surface area contributed by atoms with Gasteiger partial charge in [-0.15, -0.1) is 0 Å². The molecule has 4 nitrogen and oxygen atoms in total. The number of aromatic nitrogens is 1. The van der Waals surface area contributed by atoms with Gasteiger partial charge in [0.2, 0.25) is 5.88 Å². The SMILES string of the molecule is CC(C)C1CCc2c(-c3ccc(F)cc3F)cc(C(=O)O)nc2O1. The van der Waals surface area contributed by atoms with Gasteiger partial charge < -0.3 is 9.84 Å². The van der Waals surface area contributed by atoms with Crippen molar-refractivity contribution in [2.75, 3.05) is 0 Å². The summed E-state index contributed by atoms with van der Waals surface area (Å²) in [6, 6.07) is 4.55. The minimum atomic E-state index is -1.23. The Balaban J connectivity index is 2.17. The summed E-state index contributed by atoms with van der Waals surface area (Å²) in [5.74, 6) is -2.19. The van der Waals surface area contributed by atoms with E-state index in [0.717, 1.165) is 18.6 Å². The molecule has 2 aromatic rings. The summed E-state index contributed by atoms with van der Waals surface area (Å²) >= 11 is 0. The standard InChI is InChI=1S/C18H17F2NO3/c1-9(2)16-6-5-12-13(11-4-3-10(19)7-14(11)20)8-15(18(22)23)21-17(12)24-16/h3-4,7-9,16H,5-6H2,1-2H3,(H,22,23). The minimum Gasteiger partial charge on any atom is -0.477 e. The Bertz CT molecular complexity index is 805. The van der Waals surface area contributed by atoms with Crippen LogP contribution in [0.25, 0.3) is 11.1 Å². The van der Waals surface area contributed by atoms with E-state index in [-0.39, 0.29) is 29.2 Å². The summed E-state index contributed by atoms with van der Waals surface area (Å²) in [5.41, 5.74) is 0.959. The summed E-state index contributed by atoms with van der Waals surface area (Å²) in [7, 11) is 0. The number of hydrogen-bond donors (Lipinski definition) is 1. The average molecular weight is 333 g/mol. The molecule has 0 fully saturated rings. The first-order valence-corrected chi connectivity index (χ1v) is 7.76. The fourth-order valence-electron chi connectivity index (χ4n) is 2.90. The molecule has 0 saturated carbocycles. The molecular weight excluding hydrogens is 316 g/mol. The minimum absolute atomic E-state index is 0.0695. The first kappa shape index (κ1) is 16.4. The number of aromatic carboxylic acids is 1. The smallest absolute Gasteiger partial charge is 0.354 e. The lowest BCUT2D eigenvalue weighted by Crippen LogP contribution is -2.29. The summed E-state index contributed by atoms with van der Waals surface area (Å²) < 4.78 is 33.2. The van der Waals surface area contributed by atoms with E-state index in [2.05, 4.69) is 4.98 Å². The van der Waals surface area contributed by atoms with Crippen molar-refractivity contribution in [1.82, 2.24) is 4.98 Å². The van der Waals surface area contributed by atoms with Gasteiger partial charge in [-0.1, -0.05) is 13.8 Å². The second kappa shape index (κ2) is 6.19. The Morgan fingerprint density at radius 3 is 2.67 bits per heavy atom. The van der Waals surface area contributed by atoms with Crippen molar-refractivity contribution in [1.29, 1.82) is 0 Å². The second-order valence-electron chi connectivity index (χ2n) is 6.21. The van der Waals surface area contributed by atoms with E-state index < -0.39 is 17.6 Å². The van der Waals surface area contributed by atoms with Gasteiger partial charge in [-0.2, -0.15) is 0 Å². The number of carboxylic acid groups (broad SMARTS) is 1. The van der Waals surface area contributed by atoms with Gasteiger partial charge in [0.15, 0.2) is 5.69 Å². The van der Waals surface area contributed by atoms with E-state index in [4.69, 9.17) is 4.74 Å². The van der Waals surface area contributed by atoms with Crippen LogP contribution >= 0.6 is 0 Å². The maximum Gasteiger partial charge on any atom is 0.354 e. The number of rotatable bonds is 3. The van der Waals surface area contributed by atoms with Crippen LogP contribution in [-0.2, 0) is 6.42 Å². The van der Waals surface area contributed by atoms with Crippen molar-refractivity contribution < 1.29 is 23.4 Å². The molecule has 1 N–H and O–H groups in total. The van der Waals surface area contributed by atoms with Crippen LogP contribution in [0.2, 0.25) is 0 Å². The molecule has 6 heteroatoms. The molecule has 126 valence electrons. The number of benzene rings is 1. The molecule has 1 aliphatic heterocycles. The molecule has 0 aliphatic carbocycles. The van der Waals surface area contributed by atoms with E-state index >= 15 is 0 Å². The molecule has 1 aliphatic rings. The predicted octanol–water partition coefficient (Wildman–Crippen LogP) is 4.07. The summed E-state index contributed by atoms with van der Waals surface area (Å²) in [4.78, 5) is 15.4. The highest BCUT2D eigenvalue weighted by atomic mass is 19.1. The van der Waals surface area contributed by atoms with Gasteiger partial charge in [0.1, 0.15) is 17.7 Å². The molecule has 0 amide bonds. The summed E-state index contributed by atoms with van der Waals surface area (Å²) in [6.45, 7) is 4.02. The van der Waals surface area contributed by atoms with Crippen molar-refractivity contribution >= 4 is 5.97 Å². The third-order valence-corrected chi connectivity index (χ3v) is 4.21. The predicted molar refractivity (Wildman–Crippen MR) is 84.1 cm³/mol. The first-order chi connectivity index (χ1) is 11.4. The van der Waals surface area contributed by atoms with E-state index in [0.29, 0.717) is 17.5 Å². The quantitative estimate of drug-likeness (QED) is 0.920. The maximum absolute atomic E-state index is 14.2.